The average Bonchev–Trinajstić information content (AvgIpc) is 2.73. The molecular formula is C15H19N3. The lowest BCUT2D eigenvalue weighted by molar-refractivity contribution is 0.533. The lowest BCUT2D eigenvalue weighted by Gasteiger charge is -2.24. The third-order valence-corrected chi connectivity index (χ3v) is 4.33. The van der Waals surface area contributed by atoms with Gasteiger partial charge in [-0.3, -0.25) is 0 Å². The molecule has 3 heterocycles. The summed E-state index contributed by atoms with van der Waals surface area (Å²) in [5.74, 6) is 1.28. The minimum atomic E-state index is 0.590. The summed E-state index contributed by atoms with van der Waals surface area (Å²) in [5, 5.41) is 3.58. The largest absolute Gasteiger partial charge is 0.382 e. The summed E-state index contributed by atoms with van der Waals surface area (Å²) < 4.78 is 2.43. The summed E-state index contributed by atoms with van der Waals surface area (Å²) >= 11 is 0. The van der Waals surface area contributed by atoms with Crippen molar-refractivity contribution < 1.29 is 0 Å². The number of hydrogen-bond donors (Lipinski definition) is 1. The van der Waals surface area contributed by atoms with E-state index < -0.39 is 0 Å². The maximum atomic E-state index is 4.81. The number of hydrogen-bond acceptors (Lipinski definition) is 2. The molecule has 0 spiro atoms. The highest BCUT2D eigenvalue weighted by molar-refractivity contribution is 5.83. The van der Waals surface area contributed by atoms with E-state index in [0.717, 1.165) is 13.0 Å². The highest BCUT2D eigenvalue weighted by Gasteiger charge is 2.19. The predicted molar refractivity (Wildman–Crippen MR) is 74.1 cm³/mol. The number of nitrogens with zero attached hydrogens (tertiary/aromatic N) is 2. The second kappa shape index (κ2) is 3.74. The minimum absolute atomic E-state index is 0.590. The van der Waals surface area contributed by atoms with Crippen molar-refractivity contribution in [3.8, 4) is 0 Å². The average molecular weight is 241 g/mol. The Morgan fingerprint density at radius 3 is 3.17 bits per heavy atom. The van der Waals surface area contributed by atoms with E-state index in [9.17, 15) is 0 Å². The Morgan fingerprint density at radius 2 is 2.22 bits per heavy atom. The molecule has 0 bridgehead atoms. The van der Waals surface area contributed by atoms with E-state index in [-0.39, 0.29) is 0 Å². The zero-order chi connectivity index (χ0) is 12.1. The first-order chi connectivity index (χ1) is 8.81. The molecule has 0 radical (unpaired) electrons. The van der Waals surface area contributed by atoms with Crippen LogP contribution >= 0.6 is 0 Å². The monoisotopic (exact) mass is 241 g/mol. The van der Waals surface area contributed by atoms with Gasteiger partial charge in [-0.1, -0.05) is 0 Å². The van der Waals surface area contributed by atoms with Crippen molar-refractivity contribution in [3.63, 3.8) is 0 Å². The van der Waals surface area contributed by atoms with Gasteiger partial charge in [0.25, 0.3) is 0 Å². The first kappa shape index (κ1) is 10.4. The Balaban J connectivity index is 1.92. The molecule has 3 nitrogen and oxygen atoms in total. The molecule has 1 N–H and O–H groups in total. The number of anilines is 1. The fraction of sp³-hybridized carbons (Fsp3) is 0.533. The normalized spacial score (nSPS) is 22.4. The van der Waals surface area contributed by atoms with Crippen LogP contribution in [0, 0.1) is 0 Å². The molecule has 2 aromatic rings. The fourth-order valence-corrected chi connectivity index (χ4v) is 3.31. The van der Waals surface area contributed by atoms with Crippen molar-refractivity contribution in [1.82, 2.24) is 9.55 Å². The molecule has 0 saturated heterocycles. The van der Waals surface area contributed by atoms with E-state index in [1.807, 2.05) is 0 Å². The number of rotatable bonds is 0. The highest BCUT2D eigenvalue weighted by atomic mass is 15.1. The number of nitrogens with one attached hydrogen (secondary N) is 1. The van der Waals surface area contributed by atoms with E-state index in [0.29, 0.717) is 6.04 Å². The third-order valence-electron chi connectivity index (χ3n) is 4.33. The SMILES string of the molecule is CC1CCc2cc3c(cc2N1)nc1n3CCCC1. The van der Waals surface area contributed by atoms with Gasteiger partial charge in [0.05, 0.1) is 11.0 Å². The third kappa shape index (κ3) is 1.46. The van der Waals surface area contributed by atoms with Gasteiger partial charge >= 0.3 is 0 Å². The number of fused-ring (bicyclic) bond motifs is 4. The van der Waals surface area contributed by atoms with Gasteiger partial charge in [-0.25, -0.2) is 4.98 Å². The van der Waals surface area contributed by atoms with Crippen LogP contribution in [-0.2, 0) is 19.4 Å². The molecule has 2 aliphatic rings. The second-order valence-corrected chi connectivity index (χ2v) is 5.72. The number of benzene rings is 1. The summed E-state index contributed by atoms with van der Waals surface area (Å²) in [7, 11) is 0. The van der Waals surface area contributed by atoms with Gasteiger partial charge < -0.3 is 9.88 Å². The van der Waals surface area contributed by atoms with Gasteiger partial charge in [-0.15, -0.1) is 0 Å². The lowest BCUT2D eigenvalue weighted by atomic mass is 9.98. The zero-order valence-corrected chi connectivity index (χ0v) is 10.9. The van der Waals surface area contributed by atoms with Crippen LogP contribution in [0.25, 0.3) is 11.0 Å². The molecule has 2 aliphatic heterocycles. The molecule has 0 fully saturated rings. The van der Waals surface area contributed by atoms with Gasteiger partial charge in [0.15, 0.2) is 0 Å². The van der Waals surface area contributed by atoms with E-state index in [2.05, 4.69) is 28.9 Å². The topological polar surface area (TPSA) is 29.9 Å². The van der Waals surface area contributed by atoms with Crippen LogP contribution in [0.5, 0.6) is 0 Å². The summed E-state index contributed by atoms with van der Waals surface area (Å²) in [4.78, 5) is 4.81. The maximum absolute atomic E-state index is 4.81. The number of aromatic nitrogens is 2. The van der Waals surface area contributed by atoms with Gasteiger partial charge in [0.1, 0.15) is 5.82 Å². The van der Waals surface area contributed by atoms with Crippen molar-refractivity contribution in [2.45, 2.75) is 51.6 Å². The first-order valence-corrected chi connectivity index (χ1v) is 7.10. The molecule has 18 heavy (non-hydrogen) atoms. The zero-order valence-electron chi connectivity index (χ0n) is 10.9. The minimum Gasteiger partial charge on any atom is -0.382 e. The lowest BCUT2D eigenvalue weighted by Crippen LogP contribution is -2.21. The van der Waals surface area contributed by atoms with Gasteiger partial charge in [0, 0.05) is 24.7 Å². The van der Waals surface area contributed by atoms with Crippen LogP contribution in [-0.4, -0.2) is 15.6 Å². The molecule has 4 rings (SSSR count). The van der Waals surface area contributed by atoms with Gasteiger partial charge in [-0.05, 0) is 50.3 Å². The Kier molecular flexibility index (Phi) is 2.16. The molecule has 1 aromatic heterocycles. The van der Waals surface area contributed by atoms with Crippen molar-refractivity contribution in [2.75, 3.05) is 5.32 Å². The molecule has 1 unspecified atom stereocenters. The summed E-state index contributed by atoms with van der Waals surface area (Å²) in [5.41, 5.74) is 5.29. The summed E-state index contributed by atoms with van der Waals surface area (Å²) in [6, 6.07) is 5.21. The fourth-order valence-electron chi connectivity index (χ4n) is 3.31. The Bertz CT molecular complexity index is 612. The van der Waals surface area contributed by atoms with Crippen molar-refractivity contribution in [2.24, 2.45) is 0 Å². The van der Waals surface area contributed by atoms with E-state index in [1.165, 1.54) is 53.8 Å². The van der Waals surface area contributed by atoms with Gasteiger partial charge in [0.2, 0.25) is 0 Å². The predicted octanol–water partition coefficient (Wildman–Crippen LogP) is 3.12. The second-order valence-electron chi connectivity index (χ2n) is 5.72. The van der Waals surface area contributed by atoms with Crippen molar-refractivity contribution >= 4 is 16.7 Å². The molecule has 1 atom stereocenters. The quantitative estimate of drug-likeness (QED) is 0.768. The Labute approximate surface area is 107 Å². The maximum Gasteiger partial charge on any atom is 0.109 e. The molecule has 94 valence electrons. The van der Waals surface area contributed by atoms with E-state index in [4.69, 9.17) is 4.98 Å². The van der Waals surface area contributed by atoms with E-state index >= 15 is 0 Å². The first-order valence-electron chi connectivity index (χ1n) is 7.10. The highest BCUT2D eigenvalue weighted by Crippen LogP contribution is 2.31. The summed E-state index contributed by atoms with van der Waals surface area (Å²) in [6.45, 7) is 3.40. The van der Waals surface area contributed by atoms with Gasteiger partial charge in [-0.2, -0.15) is 0 Å². The molecular weight excluding hydrogens is 222 g/mol. The van der Waals surface area contributed by atoms with Crippen LogP contribution in [0.2, 0.25) is 0 Å². The molecule has 0 amide bonds. The van der Waals surface area contributed by atoms with Crippen molar-refractivity contribution in [3.05, 3.63) is 23.5 Å². The smallest absolute Gasteiger partial charge is 0.109 e. The van der Waals surface area contributed by atoms with E-state index in [1.54, 1.807) is 0 Å². The molecule has 0 aliphatic carbocycles. The van der Waals surface area contributed by atoms with Crippen LogP contribution in [0.15, 0.2) is 12.1 Å². The van der Waals surface area contributed by atoms with Crippen LogP contribution in [0.3, 0.4) is 0 Å². The van der Waals surface area contributed by atoms with Crippen LogP contribution in [0.1, 0.15) is 37.6 Å². The standard InChI is InChI=1S/C15H19N3/c1-10-5-6-11-8-14-13(9-12(11)16-10)17-15-4-2-3-7-18(14)15/h8-10,16H,2-7H2,1H3. The summed E-state index contributed by atoms with van der Waals surface area (Å²) in [6.07, 6.45) is 6.16. The van der Waals surface area contributed by atoms with Crippen LogP contribution < -0.4 is 5.32 Å². The molecule has 3 heteroatoms. The Morgan fingerprint density at radius 1 is 1.28 bits per heavy atom. The Hall–Kier alpha value is -1.51. The van der Waals surface area contributed by atoms with Crippen LogP contribution in [0.4, 0.5) is 5.69 Å². The number of aryl methyl sites for hydroxylation is 3. The van der Waals surface area contributed by atoms with Crippen molar-refractivity contribution in [1.29, 1.82) is 0 Å². The molecule has 0 saturated carbocycles. The molecule has 1 aromatic carbocycles. The number of imidazole rings is 1.